The van der Waals surface area contributed by atoms with Crippen molar-refractivity contribution in [3.05, 3.63) is 28.8 Å². The second-order valence-electron chi connectivity index (χ2n) is 4.69. The van der Waals surface area contributed by atoms with Gasteiger partial charge in [0, 0.05) is 19.6 Å². The number of halogens is 1. The number of likely N-dealkylation sites (N-methyl/N-ethyl adjacent to an activating group) is 1. The van der Waals surface area contributed by atoms with Gasteiger partial charge in [0.15, 0.2) is 0 Å². The quantitative estimate of drug-likeness (QED) is 0.795. The van der Waals surface area contributed by atoms with E-state index in [2.05, 4.69) is 0 Å². The molecule has 0 aromatic heterocycles. The van der Waals surface area contributed by atoms with Crippen LogP contribution in [-0.4, -0.2) is 59.7 Å². The third-order valence-corrected chi connectivity index (χ3v) is 2.94. The predicted octanol–water partition coefficient (Wildman–Crippen LogP) is 1.49. The summed E-state index contributed by atoms with van der Waals surface area (Å²) in [5.41, 5.74) is 0.878. The smallest absolute Gasteiger partial charge is 0.317 e. The van der Waals surface area contributed by atoms with E-state index in [0.717, 1.165) is 12.1 Å². The fraction of sp³-hybridized carbons (Fsp3) is 0.462. The van der Waals surface area contributed by atoms with Crippen molar-refractivity contribution in [1.82, 2.24) is 9.80 Å². The van der Waals surface area contributed by atoms with Gasteiger partial charge in [-0.2, -0.15) is 0 Å². The van der Waals surface area contributed by atoms with Crippen LogP contribution in [0.3, 0.4) is 0 Å². The Morgan fingerprint density at radius 1 is 1.32 bits per heavy atom. The highest BCUT2D eigenvalue weighted by atomic mass is 35.5. The van der Waals surface area contributed by atoms with Gasteiger partial charge >= 0.3 is 5.97 Å². The van der Waals surface area contributed by atoms with Gasteiger partial charge in [-0.3, -0.25) is 9.69 Å². The highest BCUT2D eigenvalue weighted by Crippen LogP contribution is 2.24. The third kappa shape index (κ3) is 5.92. The van der Waals surface area contributed by atoms with Crippen molar-refractivity contribution in [1.29, 1.82) is 0 Å². The highest BCUT2D eigenvalue weighted by Gasteiger charge is 2.11. The van der Waals surface area contributed by atoms with Gasteiger partial charge in [0.2, 0.25) is 0 Å². The van der Waals surface area contributed by atoms with Gasteiger partial charge in [-0.05, 0) is 31.8 Å². The van der Waals surface area contributed by atoms with Crippen molar-refractivity contribution >= 4 is 17.6 Å². The van der Waals surface area contributed by atoms with Crippen molar-refractivity contribution in [3.8, 4) is 5.75 Å². The first-order chi connectivity index (χ1) is 8.88. The molecule has 0 heterocycles. The van der Waals surface area contributed by atoms with Gasteiger partial charge in [-0.1, -0.05) is 17.7 Å². The Kier molecular flexibility index (Phi) is 6.08. The lowest BCUT2D eigenvalue weighted by atomic mass is 10.2. The monoisotopic (exact) mass is 286 g/mol. The molecule has 0 spiro atoms. The Morgan fingerprint density at radius 2 is 2.00 bits per heavy atom. The summed E-state index contributed by atoms with van der Waals surface area (Å²) in [5.74, 6) is -0.827. The summed E-state index contributed by atoms with van der Waals surface area (Å²) in [6.07, 6.45) is 0. The number of phenols is 1. The summed E-state index contributed by atoms with van der Waals surface area (Å²) in [6.45, 7) is 1.89. The number of nitrogens with zero attached hydrogens (tertiary/aromatic N) is 2. The molecule has 2 N–H and O–H groups in total. The van der Waals surface area contributed by atoms with Crippen molar-refractivity contribution in [2.24, 2.45) is 0 Å². The van der Waals surface area contributed by atoms with E-state index < -0.39 is 5.97 Å². The normalized spacial score (nSPS) is 11.2. The third-order valence-electron chi connectivity index (χ3n) is 2.64. The lowest BCUT2D eigenvalue weighted by molar-refractivity contribution is -0.138. The molecule has 0 radical (unpaired) electrons. The summed E-state index contributed by atoms with van der Waals surface area (Å²) in [5, 5.41) is 18.5. The Bertz CT molecular complexity index is 438. The maximum absolute atomic E-state index is 10.8. The van der Waals surface area contributed by atoms with E-state index in [0.29, 0.717) is 13.1 Å². The molecule has 0 aliphatic rings. The number of aromatic hydroxyl groups is 1. The number of rotatable bonds is 7. The maximum atomic E-state index is 10.8. The van der Waals surface area contributed by atoms with Gasteiger partial charge in [0.1, 0.15) is 5.75 Å². The molecule has 0 unspecified atom stereocenters. The summed E-state index contributed by atoms with van der Waals surface area (Å²) in [6, 6.07) is 4.91. The zero-order chi connectivity index (χ0) is 14.4. The Labute approximate surface area is 118 Å². The Morgan fingerprint density at radius 3 is 2.53 bits per heavy atom. The first kappa shape index (κ1) is 15.8. The van der Waals surface area contributed by atoms with Crippen LogP contribution in [0.2, 0.25) is 5.02 Å². The van der Waals surface area contributed by atoms with Gasteiger partial charge in [-0.25, -0.2) is 0 Å². The van der Waals surface area contributed by atoms with Crippen molar-refractivity contribution < 1.29 is 15.0 Å². The number of benzene rings is 1. The Hall–Kier alpha value is -1.30. The van der Waals surface area contributed by atoms with Crippen LogP contribution in [0.1, 0.15) is 5.56 Å². The van der Waals surface area contributed by atoms with Gasteiger partial charge in [0.05, 0.1) is 11.6 Å². The van der Waals surface area contributed by atoms with Crippen LogP contribution in [-0.2, 0) is 11.3 Å². The topological polar surface area (TPSA) is 64.0 Å². The number of aliphatic carboxylic acids is 1. The second kappa shape index (κ2) is 7.33. The summed E-state index contributed by atoms with van der Waals surface area (Å²) in [4.78, 5) is 14.7. The molecule has 1 aromatic carbocycles. The van der Waals surface area contributed by atoms with Crippen LogP contribution in [0, 0.1) is 0 Å². The van der Waals surface area contributed by atoms with E-state index in [-0.39, 0.29) is 17.3 Å². The van der Waals surface area contributed by atoms with Crippen molar-refractivity contribution in [2.75, 3.05) is 33.7 Å². The number of carboxylic acid groups (broad SMARTS) is 1. The van der Waals surface area contributed by atoms with Crippen LogP contribution in [0.15, 0.2) is 18.2 Å². The lowest BCUT2D eigenvalue weighted by Crippen LogP contribution is -2.35. The standard InChI is InChI=1S/C13H19ClN2O3/c1-15(2)5-6-16(9-13(18)19)8-10-3-4-12(17)11(14)7-10/h3-4,7,17H,5-6,8-9H2,1-2H3,(H,18,19). The predicted molar refractivity (Wildman–Crippen MR) is 74.6 cm³/mol. The first-order valence-electron chi connectivity index (χ1n) is 5.94. The highest BCUT2D eigenvalue weighted by molar-refractivity contribution is 6.32. The number of phenolic OH excluding ortho intramolecular Hbond substituents is 1. The minimum Gasteiger partial charge on any atom is -0.506 e. The largest absolute Gasteiger partial charge is 0.506 e. The van der Waals surface area contributed by atoms with E-state index in [1.165, 1.54) is 6.07 Å². The number of hydrogen-bond acceptors (Lipinski definition) is 4. The molecule has 0 saturated carbocycles. The molecule has 0 saturated heterocycles. The zero-order valence-corrected chi connectivity index (χ0v) is 11.9. The molecule has 19 heavy (non-hydrogen) atoms. The molecule has 0 fully saturated rings. The minimum absolute atomic E-state index is 0.0215. The summed E-state index contributed by atoms with van der Waals surface area (Å²) < 4.78 is 0. The van der Waals surface area contributed by atoms with Gasteiger partial charge < -0.3 is 15.1 Å². The van der Waals surface area contributed by atoms with Crippen LogP contribution in [0.4, 0.5) is 0 Å². The fourth-order valence-electron chi connectivity index (χ4n) is 1.65. The zero-order valence-electron chi connectivity index (χ0n) is 11.1. The van der Waals surface area contributed by atoms with E-state index in [9.17, 15) is 9.90 Å². The van der Waals surface area contributed by atoms with E-state index in [1.807, 2.05) is 23.9 Å². The minimum atomic E-state index is -0.858. The summed E-state index contributed by atoms with van der Waals surface area (Å²) in [7, 11) is 3.88. The SMILES string of the molecule is CN(C)CCN(CC(=O)O)Cc1ccc(O)c(Cl)c1. The molecule has 0 aliphatic carbocycles. The van der Waals surface area contributed by atoms with E-state index in [1.54, 1.807) is 12.1 Å². The molecular formula is C13H19ClN2O3. The van der Waals surface area contributed by atoms with Crippen molar-refractivity contribution in [3.63, 3.8) is 0 Å². The fourth-order valence-corrected chi connectivity index (χ4v) is 1.86. The molecule has 0 amide bonds. The Balaban J connectivity index is 2.69. The molecule has 0 atom stereocenters. The summed E-state index contributed by atoms with van der Waals surface area (Å²) >= 11 is 5.84. The molecular weight excluding hydrogens is 268 g/mol. The molecule has 6 heteroatoms. The molecule has 1 rings (SSSR count). The van der Waals surface area contributed by atoms with Crippen LogP contribution < -0.4 is 0 Å². The number of carboxylic acids is 1. The van der Waals surface area contributed by atoms with E-state index >= 15 is 0 Å². The molecule has 1 aromatic rings. The van der Waals surface area contributed by atoms with E-state index in [4.69, 9.17) is 16.7 Å². The van der Waals surface area contributed by atoms with Crippen LogP contribution >= 0.6 is 11.6 Å². The van der Waals surface area contributed by atoms with Crippen molar-refractivity contribution in [2.45, 2.75) is 6.54 Å². The molecule has 0 aliphatic heterocycles. The number of hydrogen-bond donors (Lipinski definition) is 2. The molecule has 0 bridgehead atoms. The average molecular weight is 287 g/mol. The van der Waals surface area contributed by atoms with Gasteiger partial charge in [0.25, 0.3) is 0 Å². The molecule has 5 nitrogen and oxygen atoms in total. The van der Waals surface area contributed by atoms with Gasteiger partial charge in [-0.15, -0.1) is 0 Å². The molecule has 106 valence electrons. The van der Waals surface area contributed by atoms with Crippen LogP contribution in [0.5, 0.6) is 5.75 Å². The first-order valence-corrected chi connectivity index (χ1v) is 6.32. The number of carbonyl (C=O) groups is 1. The second-order valence-corrected chi connectivity index (χ2v) is 5.10. The average Bonchev–Trinajstić information content (AvgIpc) is 2.30. The van der Waals surface area contributed by atoms with Crippen LogP contribution in [0.25, 0.3) is 0 Å². The lowest BCUT2D eigenvalue weighted by Gasteiger charge is -2.22. The maximum Gasteiger partial charge on any atom is 0.317 e.